The lowest BCUT2D eigenvalue weighted by molar-refractivity contribution is 0.478. The molecule has 4 aromatic rings. The summed E-state index contributed by atoms with van der Waals surface area (Å²) >= 11 is 7.65. The number of aryl methyl sites for hydroxylation is 1. The van der Waals surface area contributed by atoms with Gasteiger partial charge in [0.2, 0.25) is 0 Å². The Labute approximate surface area is 153 Å². The zero-order valence-electron chi connectivity index (χ0n) is 13.3. The van der Waals surface area contributed by atoms with Crippen molar-refractivity contribution in [2.75, 3.05) is 5.32 Å². The highest BCUT2D eigenvalue weighted by molar-refractivity contribution is 7.19. The number of anilines is 2. The summed E-state index contributed by atoms with van der Waals surface area (Å²) in [5, 5.41) is 14.9. The first-order valence-corrected chi connectivity index (χ1v) is 8.88. The summed E-state index contributed by atoms with van der Waals surface area (Å²) in [5.41, 5.74) is 2.74. The van der Waals surface area contributed by atoms with E-state index in [-0.39, 0.29) is 5.75 Å². The topological polar surface area (TPSA) is 58.0 Å². The molecule has 124 valence electrons. The van der Waals surface area contributed by atoms with Crippen molar-refractivity contribution >= 4 is 44.7 Å². The number of halogens is 1. The summed E-state index contributed by atoms with van der Waals surface area (Å²) in [7, 11) is 0. The van der Waals surface area contributed by atoms with E-state index in [1.807, 2.05) is 36.4 Å². The summed E-state index contributed by atoms with van der Waals surface area (Å²) in [5.74, 6) is 0.843. The van der Waals surface area contributed by atoms with Gasteiger partial charge in [-0.2, -0.15) is 0 Å². The summed E-state index contributed by atoms with van der Waals surface area (Å²) < 4.78 is 0. The monoisotopic (exact) mass is 367 g/mol. The Balaban J connectivity index is 1.91. The molecule has 0 aliphatic rings. The molecule has 4 nitrogen and oxygen atoms in total. The van der Waals surface area contributed by atoms with Crippen LogP contribution in [0.2, 0.25) is 5.02 Å². The van der Waals surface area contributed by atoms with Crippen LogP contribution in [-0.4, -0.2) is 15.1 Å². The van der Waals surface area contributed by atoms with E-state index in [0.29, 0.717) is 16.5 Å². The highest BCUT2D eigenvalue weighted by Crippen LogP contribution is 2.41. The first-order chi connectivity index (χ1) is 12.1. The zero-order valence-corrected chi connectivity index (χ0v) is 14.9. The van der Waals surface area contributed by atoms with Crippen LogP contribution in [0, 0.1) is 6.92 Å². The lowest BCUT2D eigenvalue weighted by atomic mass is 10.0. The predicted molar refractivity (Wildman–Crippen MR) is 104 cm³/mol. The van der Waals surface area contributed by atoms with Gasteiger partial charge in [-0.1, -0.05) is 35.9 Å². The van der Waals surface area contributed by atoms with E-state index >= 15 is 0 Å². The van der Waals surface area contributed by atoms with Gasteiger partial charge in [-0.15, -0.1) is 11.3 Å². The molecular formula is C19H14ClN3OS. The van der Waals surface area contributed by atoms with Crippen LogP contribution >= 0.6 is 22.9 Å². The quantitative estimate of drug-likeness (QED) is 0.451. The van der Waals surface area contributed by atoms with Crippen molar-refractivity contribution in [1.29, 1.82) is 0 Å². The molecule has 0 saturated heterocycles. The number of phenolic OH excluding ortho intramolecular Hbond substituents is 1. The van der Waals surface area contributed by atoms with E-state index in [9.17, 15) is 5.11 Å². The second kappa shape index (κ2) is 6.35. The average Bonchev–Trinajstić information content (AvgIpc) is 2.95. The maximum atomic E-state index is 10.0. The molecule has 0 bridgehead atoms. The molecule has 4 rings (SSSR count). The smallest absolute Gasteiger partial charge is 0.143 e. The number of nitrogens with zero attached hydrogens (tertiary/aromatic N) is 2. The molecule has 25 heavy (non-hydrogen) atoms. The number of benzene rings is 2. The Morgan fingerprint density at radius 3 is 2.56 bits per heavy atom. The lowest BCUT2D eigenvalue weighted by Gasteiger charge is -2.10. The van der Waals surface area contributed by atoms with Crippen molar-refractivity contribution < 1.29 is 5.11 Å². The normalized spacial score (nSPS) is 11.0. The fraction of sp³-hybridized carbons (Fsp3) is 0.0526. The van der Waals surface area contributed by atoms with Gasteiger partial charge < -0.3 is 10.4 Å². The van der Waals surface area contributed by atoms with Crippen LogP contribution in [-0.2, 0) is 0 Å². The van der Waals surface area contributed by atoms with Crippen molar-refractivity contribution in [2.24, 2.45) is 0 Å². The molecule has 2 aromatic heterocycles. The van der Waals surface area contributed by atoms with Gasteiger partial charge in [0.05, 0.1) is 11.1 Å². The number of hydrogen-bond acceptors (Lipinski definition) is 5. The Hall–Kier alpha value is -2.63. The second-order valence-electron chi connectivity index (χ2n) is 5.58. The molecule has 2 N–H and O–H groups in total. The molecule has 0 fully saturated rings. The van der Waals surface area contributed by atoms with Gasteiger partial charge in [-0.3, -0.25) is 0 Å². The van der Waals surface area contributed by atoms with E-state index < -0.39 is 0 Å². The maximum Gasteiger partial charge on any atom is 0.143 e. The zero-order chi connectivity index (χ0) is 17.4. The number of phenols is 1. The molecule has 0 unspecified atom stereocenters. The van der Waals surface area contributed by atoms with E-state index in [4.69, 9.17) is 11.6 Å². The summed E-state index contributed by atoms with van der Waals surface area (Å²) in [6, 6.07) is 14.8. The minimum Gasteiger partial charge on any atom is -0.506 e. The molecular weight excluding hydrogens is 354 g/mol. The molecule has 2 aromatic carbocycles. The van der Waals surface area contributed by atoms with Gasteiger partial charge >= 0.3 is 0 Å². The Morgan fingerprint density at radius 2 is 1.80 bits per heavy atom. The van der Waals surface area contributed by atoms with Crippen molar-refractivity contribution in [3.05, 3.63) is 64.8 Å². The molecule has 0 radical (unpaired) electrons. The first-order valence-electron chi connectivity index (χ1n) is 7.68. The van der Waals surface area contributed by atoms with Gasteiger partial charge in [0.25, 0.3) is 0 Å². The Morgan fingerprint density at radius 1 is 1.04 bits per heavy atom. The van der Waals surface area contributed by atoms with Crippen LogP contribution in [0.5, 0.6) is 5.75 Å². The number of thiophene rings is 1. The van der Waals surface area contributed by atoms with E-state index in [0.717, 1.165) is 26.2 Å². The molecule has 0 amide bonds. The molecule has 2 heterocycles. The molecule has 0 atom stereocenters. The maximum absolute atomic E-state index is 10.0. The molecule has 6 heteroatoms. The third-order valence-electron chi connectivity index (χ3n) is 3.95. The second-order valence-corrected chi connectivity index (χ2v) is 7.22. The summed E-state index contributed by atoms with van der Waals surface area (Å²) in [6.07, 6.45) is 1.53. The number of rotatable bonds is 3. The van der Waals surface area contributed by atoms with Gasteiger partial charge in [0, 0.05) is 15.5 Å². The highest BCUT2D eigenvalue weighted by Gasteiger charge is 2.17. The average molecular weight is 368 g/mol. The van der Waals surface area contributed by atoms with Gasteiger partial charge in [0.15, 0.2) is 0 Å². The number of aromatic hydroxyl groups is 1. The number of hydrogen-bond donors (Lipinski definition) is 2. The molecule has 0 aliphatic heterocycles. The van der Waals surface area contributed by atoms with Gasteiger partial charge in [0.1, 0.15) is 22.7 Å². The lowest BCUT2D eigenvalue weighted by Crippen LogP contribution is -1.96. The Kier molecular flexibility index (Phi) is 4.03. The highest BCUT2D eigenvalue weighted by atomic mass is 35.5. The van der Waals surface area contributed by atoms with Crippen LogP contribution in [0.15, 0.2) is 54.9 Å². The van der Waals surface area contributed by atoms with Crippen LogP contribution in [0.25, 0.3) is 21.3 Å². The third kappa shape index (κ3) is 2.92. The number of para-hydroxylation sites is 2. The Bertz CT molecular complexity index is 1060. The fourth-order valence-corrected chi connectivity index (χ4v) is 3.95. The number of aromatic nitrogens is 2. The largest absolute Gasteiger partial charge is 0.506 e. The SMILES string of the molecule is Cc1sc2ncnc(Nc3ccccc3O)c2c1-c1ccc(Cl)cc1. The third-order valence-corrected chi connectivity index (χ3v) is 5.22. The van der Waals surface area contributed by atoms with Crippen LogP contribution < -0.4 is 5.32 Å². The van der Waals surface area contributed by atoms with Gasteiger partial charge in [-0.05, 0) is 36.8 Å². The van der Waals surface area contributed by atoms with Crippen molar-refractivity contribution in [3.63, 3.8) is 0 Å². The van der Waals surface area contributed by atoms with Crippen molar-refractivity contribution in [3.8, 4) is 16.9 Å². The molecule has 0 saturated carbocycles. The fourth-order valence-electron chi connectivity index (χ4n) is 2.81. The number of fused-ring (bicyclic) bond motifs is 1. The van der Waals surface area contributed by atoms with Crippen molar-refractivity contribution in [1.82, 2.24) is 9.97 Å². The predicted octanol–water partition coefficient (Wildman–Crippen LogP) is 5.77. The van der Waals surface area contributed by atoms with E-state index in [1.54, 1.807) is 23.5 Å². The van der Waals surface area contributed by atoms with E-state index in [2.05, 4.69) is 22.2 Å². The van der Waals surface area contributed by atoms with Crippen LogP contribution in [0.1, 0.15) is 4.88 Å². The van der Waals surface area contributed by atoms with Crippen LogP contribution in [0.3, 0.4) is 0 Å². The molecule has 0 spiro atoms. The van der Waals surface area contributed by atoms with Crippen LogP contribution in [0.4, 0.5) is 11.5 Å². The summed E-state index contributed by atoms with van der Waals surface area (Å²) in [4.78, 5) is 10.9. The molecule has 0 aliphatic carbocycles. The standard InChI is InChI=1S/C19H14ClN3OS/c1-11-16(12-6-8-13(20)9-7-12)17-18(21-10-22-19(17)25-11)23-14-4-2-3-5-15(14)24/h2-10,24H,1H3,(H,21,22,23). The number of nitrogens with one attached hydrogen (secondary N) is 1. The minimum absolute atomic E-state index is 0.175. The first kappa shape index (κ1) is 15.9. The van der Waals surface area contributed by atoms with Crippen molar-refractivity contribution in [2.45, 2.75) is 6.92 Å². The summed E-state index contributed by atoms with van der Waals surface area (Å²) in [6.45, 7) is 2.07. The van der Waals surface area contributed by atoms with Gasteiger partial charge in [-0.25, -0.2) is 9.97 Å². The minimum atomic E-state index is 0.175. The van der Waals surface area contributed by atoms with E-state index in [1.165, 1.54) is 6.33 Å².